The van der Waals surface area contributed by atoms with Gasteiger partial charge in [-0.1, -0.05) is 32.3 Å². The lowest BCUT2D eigenvalue weighted by Crippen LogP contribution is -2.22. The summed E-state index contributed by atoms with van der Waals surface area (Å²) in [5.74, 6) is 0.978. The van der Waals surface area contributed by atoms with Crippen LogP contribution in [0.3, 0.4) is 0 Å². The van der Waals surface area contributed by atoms with Crippen LogP contribution in [-0.2, 0) is 0 Å². The fourth-order valence-electron chi connectivity index (χ4n) is 1.85. The maximum absolute atomic E-state index is 5.71. The molecule has 1 rings (SSSR count). The van der Waals surface area contributed by atoms with Crippen LogP contribution in [0.2, 0.25) is 0 Å². The summed E-state index contributed by atoms with van der Waals surface area (Å²) < 4.78 is 5.71. The average Bonchev–Trinajstić information content (AvgIpc) is 2.37. The number of hydrogen-bond acceptors (Lipinski definition) is 2. The van der Waals surface area contributed by atoms with Crippen LogP contribution >= 0.6 is 0 Å². The number of unbranched alkanes of at least 4 members (excludes halogenated alkanes) is 3. The smallest absolute Gasteiger partial charge is 0.119 e. The fourth-order valence-corrected chi connectivity index (χ4v) is 1.85. The predicted molar refractivity (Wildman–Crippen MR) is 78.4 cm³/mol. The number of ether oxygens (including phenoxy) is 1. The lowest BCUT2D eigenvalue weighted by molar-refractivity contribution is 0.313. The molecule has 2 nitrogen and oxygen atoms in total. The Hall–Kier alpha value is -1.02. The molecule has 1 aromatic rings. The summed E-state index contributed by atoms with van der Waals surface area (Å²) >= 11 is 0. The van der Waals surface area contributed by atoms with E-state index in [0.717, 1.165) is 25.4 Å². The molecule has 1 N–H and O–H groups in total. The summed E-state index contributed by atoms with van der Waals surface area (Å²) in [7, 11) is 0. The van der Waals surface area contributed by atoms with Gasteiger partial charge in [-0.3, -0.25) is 0 Å². The molecule has 0 radical (unpaired) electrons. The summed E-state index contributed by atoms with van der Waals surface area (Å²) in [6, 6.07) is 6.27. The minimum atomic E-state index is 0.746. The first-order valence-electron chi connectivity index (χ1n) is 7.15. The Morgan fingerprint density at radius 3 is 2.56 bits per heavy atom. The van der Waals surface area contributed by atoms with Crippen molar-refractivity contribution < 1.29 is 4.74 Å². The van der Waals surface area contributed by atoms with Gasteiger partial charge < -0.3 is 10.1 Å². The van der Waals surface area contributed by atoms with E-state index in [0.29, 0.717) is 0 Å². The summed E-state index contributed by atoms with van der Waals surface area (Å²) in [6.45, 7) is 9.27. The van der Waals surface area contributed by atoms with Crippen LogP contribution in [-0.4, -0.2) is 19.7 Å². The van der Waals surface area contributed by atoms with Crippen molar-refractivity contribution in [3.05, 3.63) is 29.3 Å². The third kappa shape index (κ3) is 6.06. The number of benzene rings is 1. The van der Waals surface area contributed by atoms with Gasteiger partial charge in [0.25, 0.3) is 0 Å². The van der Waals surface area contributed by atoms with Gasteiger partial charge in [0.1, 0.15) is 12.4 Å². The second-order valence-corrected chi connectivity index (χ2v) is 4.91. The number of hydrogen-bond donors (Lipinski definition) is 1. The van der Waals surface area contributed by atoms with Gasteiger partial charge in [0.05, 0.1) is 0 Å². The van der Waals surface area contributed by atoms with E-state index in [2.05, 4.69) is 38.2 Å². The van der Waals surface area contributed by atoms with Crippen molar-refractivity contribution in [1.82, 2.24) is 5.32 Å². The second kappa shape index (κ2) is 8.98. The zero-order valence-electron chi connectivity index (χ0n) is 12.1. The summed E-state index contributed by atoms with van der Waals surface area (Å²) in [5, 5.41) is 3.42. The molecule has 0 aliphatic rings. The first-order valence-corrected chi connectivity index (χ1v) is 7.15. The van der Waals surface area contributed by atoms with Crippen LogP contribution in [0.25, 0.3) is 0 Å². The molecule has 1 aromatic carbocycles. The van der Waals surface area contributed by atoms with Crippen molar-refractivity contribution >= 4 is 0 Å². The Labute approximate surface area is 112 Å². The van der Waals surface area contributed by atoms with Gasteiger partial charge in [-0.25, -0.2) is 0 Å². The van der Waals surface area contributed by atoms with Crippen molar-refractivity contribution in [2.24, 2.45) is 0 Å². The van der Waals surface area contributed by atoms with Gasteiger partial charge in [-0.05, 0) is 50.1 Å². The maximum Gasteiger partial charge on any atom is 0.119 e. The van der Waals surface area contributed by atoms with E-state index >= 15 is 0 Å². The Balaban J connectivity index is 2.05. The molecule has 18 heavy (non-hydrogen) atoms. The molecule has 0 aliphatic heterocycles. The number of rotatable bonds is 9. The molecular weight excluding hydrogens is 222 g/mol. The van der Waals surface area contributed by atoms with E-state index in [9.17, 15) is 0 Å². The minimum Gasteiger partial charge on any atom is -0.492 e. The van der Waals surface area contributed by atoms with Gasteiger partial charge >= 0.3 is 0 Å². The largest absolute Gasteiger partial charge is 0.492 e. The average molecular weight is 249 g/mol. The first kappa shape index (κ1) is 15.0. The Kier molecular flexibility index (Phi) is 7.51. The molecule has 2 heteroatoms. The minimum absolute atomic E-state index is 0.746. The monoisotopic (exact) mass is 249 g/mol. The van der Waals surface area contributed by atoms with E-state index in [4.69, 9.17) is 4.74 Å². The van der Waals surface area contributed by atoms with Crippen LogP contribution in [0, 0.1) is 13.8 Å². The molecule has 0 aromatic heterocycles. The normalized spacial score (nSPS) is 10.6. The van der Waals surface area contributed by atoms with Gasteiger partial charge in [-0.15, -0.1) is 0 Å². The lowest BCUT2D eigenvalue weighted by atomic mass is 10.1. The van der Waals surface area contributed by atoms with Crippen molar-refractivity contribution in [3.63, 3.8) is 0 Å². The van der Waals surface area contributed by atoms with E-state index in [-0.39, 0.29) is 0 Å². The SMILES string of the molecule is CCCCCCNCCOc1ccc(C)c(C)c1. The van der Waals surface area contributed by atoms with Gasteiger partial charge in [0, 0.05) is 6.54 Å². The van der Waals surface area contributed by atoms with Crippen molar-refractivity contribution in [2.75, 3.05) is 19.7 Å². The molecular formula is C16H27NO. The van der Waals surface area contributed by atoms with Crippen molar-refractivity contribution in [3.8, 4) is 5.75 Å². The number of aryl methyl sites for hydroxylation is 2. The molecule has 0 saturated carbocycles. The highest BCUT2D eigenvalue weighted by atomic mass is 16.5. The Morgan fingerprint density at radius 1 is 1.00 bits per heavy atom. The molecule has 102 valence electrons. The van der Waals surface area contributed by atoms with Crippen molar-refractivity contribution in [1.29, 1.82) is 0 Å². The zero-order chi connectivity index (χ0) is 13.2. The summed E-state index contributed by atoms with van der Waals surface area (Å²) in [5.41, 5.74) is 2.61. The van der Waals surface area contributed by atoms with Gasteiger partial charge in [0.2, 0.25) is 0 Å². The Bertz CT molecular complexity index is 336. The van der Waals surface area contributed by atoms with E-state index in [1.54, 1.807) is 0 Å². The molecule has 0 saturated heterocycles. The lowest BCUT2D eigenvalue weighted by Gasteiger charge is -2.09. The molecule has 0 amide bonds. The van der Waals surface area contributed by atoms with Crippen LogP contribution < -0.4 is 10.1 Å². The summed E-state index contributed by atoms with van der Waals surface area (Å²) in [4.78, 5) is 0. The van der Waals surface area contributed by atoms with E-state index < -0.39 is 0 Å². The number of nitrogens with one attached hydrogen (secondary N) is 1. The predicted octanol–water partition coefficient (Wildman–Crippen LogP) is 3.85. The van der Waals surface area contributed by atoms with Crippen LogP contribution in [0.15, 0.2) is 18.2 Å². The molecule has 0 spiro atoms. The van der Waals surface area contributed by atoms with Gasteiger partial charge in [0.15, 0.2) is 0 Å². The maximum atomic E-state index is 5.71. The molecule has 0 unspecified atom stereocenters. The highest BCUT2D eigenvalue weighted by Gasteiger charge is 1.97. The molecule has 0 fully saturated rings. The van der Waals surface area contributed by atoms with Crippen molar-refractivity contribution in [2.45, 2.75) is 46.5 Å². The molecule has 0 atom stereocenters. The van der Waals surface area contributed by atoms with E-state index in [1.165, 1.54) is 36.8 Å². The van der Waals surface area contributed by atoms with Gasteiger partial charge in [-0.2, -0.15) is 0 Å². The topological polar surface area (TPSA) is 21.3 Å². The standard InChI is InChI=1S/C16H27NO/c1-4-5-6-7-10-17-11-12-18-16-9-8-14(2)15(3)13-16/h8-9,13,17H,4-7,10-12H2,1-3H3. The first-order chi connectivity index (χ1) is 8.74. The molecule has 0 aliphatic carbocycles. The van der Waals surface area contributed by atoms with E-state index in [1.807, 2.05) is 6.07 Å². The van der Waals surface area contributed by atoms with Crippen LogP contribution in [0.1, 0.15) is 43.7 Å². The quantitative estimate of drug-likeness (QED) is 0.671. The van der Waals surface area contributed by atoms with Crippen LogP contribution in [0.5, 0.6) is 5.75 Å². The third-order valence-corrected chi connectivity index (χ3v) is 3.23. The second-order valence-electron chi connectivity index (χ2n) is 4.91. The summed E-state index contributed by atoms with van der Waals surface area (Å²) in [6.07, 6.45) is 5.26. The van der Waals surface area contributed by atoms with Crippen LogP contribution in [0.4, 0.5) is 0 Å². The zero-order valence-corrected chi connectivity index (χ0v) is 12.1. The highest BCUT2D eigenvalue weighted by Crippen LogP contribution is 2.15. The Morgan fingerprint density at radius 2 is 1.83 bits per heavy atom. The highest BCUT2D eigenvalue weighted by molar-refractivity contribution is 5.33. The fraction of sp³-hybridized carbons (Fsp3) is 0.625. The molecule has 0 heterocycles. The third-order valence-electron chi connectivity index (χ3n) is 3.23. The molecule has 0 bridgehead atoms.